The Kier molecular flexibility index (Phi) is 69.3. The Morgan fingerprint density at radius 3 is 0.410 bits per heavy atom. The molecule has 0 radical (unpaired) electrons. The van der Waals surface area contributed by atoms with Gasteiger partial charge in [-0.3, -0.25) is 0 Å². The monoisotopic (exact) mass is 1040 g/mol. The minimum Gasteiger partial charge on any atom is -0.550 e. The molecule has 0 aliphatic rings. The van der Waals surface area contributed by atoms with Crippen molar-refractivity contribution >= 4 is 17.9 Å². The second kappa shape index (κ2) is 63.4. The molecule has 61 heavy (non-hydrogen) atoms. The zero-order valence-electron chi connectivity index (χ0n) is 41.3. The number of carbonyl (C=O) groups excluding carboxylic acids is 3. The van der Waals surface area contributed by atoms with Crippen LogP contribution in [0.5, 0.6) is 0 Å². The van der Waals surface area contributed by atoms with E-state index >= 15 is 0 Å². The fraction of sp³-hybridized carbons (Fsp3) is 0.944. The third-order valence-corrected chi connectivity index (χ3v) is 12.0. The van der Waals surface area contributed by atoms with Gasteiger partial charge >= 0.3 is 20.4 Å². The van der Waals surface area contributed by atoms with Gasteiger partial charge in [0.2, 0.25) is 0 Å². The molecule has 0 N–H and O–H groups in total. The largest absolute Gasteiger partial charge is 3.00 e. The molecule has 6 nitrogen and oxygen atoms in total. The molecule has 0 aromatic rings. The summed E-state index contributed by atoms with van der Waals surface area (Å²) < 4.78 is 0. The number of hydrogen-bond donors (Lipinski definition) is 0. The Hall–Kier alpha value is -0.928. The van der Waals surface area contributed by atoms with Gasteiger partial charge in [-0.15, -0.1) is 0 Å². The predicted molar refractivity (Wildman–Crippen MR) is 254 cm³/mol. The average Bonchev–Trinajstić information content (AvgIpc) is 3.22. The number of aliphatic carboxylic acids is 3. The minimum atomic E-state index is -0.903. The van der Waals surface area contributed by atoms with Gasteiger partial charge in [-0.25, -0.2) is 0 Å². The maximum atomic E-state index is 10.2. The maximum absolute atomic E-state index is 10.2. The van der Waals surface area contributed by atoms with Gasteiger partial charge in [0.25, 0.3) is 0 Å². The van der Waals surface area contributed by atoms with Crippen LogP contribution in [0, 0.1) is 0 Å². The van der Waals surface area contributed by atoms with Crippen LogP contribution in [0.4, 0.5) is 0 Å². The number of carbonyl (C=O) groups is 3. The molecule has 0 spiro atoms. The summed E-state index contributed by atoms with van der Waals surface area (Å²) in [6.45, 7) is 6.80. The number of rotatable bonds is 48. The van der Waals surface area contributed by atoms with E-state index in [1.54, 1.807) is 0 Å². The molecule has 0 aliphatic carbocycles. The van der Waals surface area contributed by atoms with Gasteiger partial charge < -0.3 is 29.7 Å². The first-order valence-corrected chi connectivity index (χ1v) is 26.9. The fourth-order valence-corrected chi connectivity index (χ4v) is 7.92. The van der Waals surface area contributed by atoms with Crippen LogP contribution in [0.2, 0.25) is 0 Å². The molecule has 0 rings (SSSR count). The van der Waals surface area contributed by atoms with Crippen LogP contribution in [-0.4, -0.2) is 17.9 Å². The van der Waals surface area contributed by atoms with Gasteiger partial charge in [0.15, 0.2) is 0 Å². The first kappa shape index (κ1) is 66.7. The normalized spacial score (nSPS) is 10.7. The molecule has 0 saturated carbocycles. The molecular formula is C54H105O6Re. The summed E-state index contributed by atoms with van der Waals surface area (Å²) in [5.74, 6) is -2.71. The van der Waals surface area contributed by atoms with Crippen molar-refractivity contribution in [3.05, 3.63) is 0 Å². The fourth-order valence-electron chi connectivity index (χ4n) is 7.92. The van der Waals surface area contributed by atoms with E-state index < -0.39 is 17.9 Å². The third-order valence-electron chi connectivity index (χ3n) is 12.0. The SMILES string of the molecule is CCCCCCCCCCCCCCCCCC(=O)[O-].CCCCCCCCCCCCCCCCCC(=O)[O-].CCCCCCCCCCCCCCCCCC(=O)[O-].[Re+3]. The van der Waals surface area contributed by atoms with Crippen molar-refractivity contribution < 1.29 is 50.1 Å². The topological polar surface area (TPSA) is 120 Å². The summed E-state index contributed by atoms with van der Waals surface area (Å²) in [5.41, 5.74) is 0. The van der Waals surface area contributed by atoms with Gasteiger partial charge in [-0.05, 0) is 38.5 Å². The van der Waals surface area contributed by atoms with Crippen LogP contribution in [0.25, 0.3) is 0 Å². The molecule has 0 aromatic carbocycles. The van der Waals surface area contributed by atoms with Crippen molar-refractivity contribution in [1.82, 2.24) is 0 Å². The Balaban J connectivity index is -0.000000396. The summed E-state index contributed by atoms with van der Waals surface area (Å²) in [7, 11) is 0. The van der Waals surface area contributed by atoms with E-state index in [-0.39, 0.29) is 39.7 Å². The molecule has 0 aromatic heterocycles. The van der Waals surface area contributed by atoms with Crippen molar-refractivity contribution in [2.24, 2.45) is 0 Å². The Morgan fingerprint density at radius 2 is 0.311 bits per heavy atom. The van der Waals surface area contributed by atoms with Crippen molar-refractivity contribution in [3.63, 3.8) is 0 Å². The molecule has 0 aliphatic heterocycles. The Bertz CT molecular complexity index is 717. The molecule has 0 amide bonds. The summed E-state index contributed by atoms with van der Waals surface area (Å²) in [5, 5.41) is 30.7. The molecule has 0 saturated heterocycles. The van der Waals surface area contributed by atoms with Gasteiger partial charge in [0.05, 0.1) is 0 Å². The summed E-state index contributed by atoms with van der Waals surface area (Å²) in [6.07, 6.45) is 59.6. The number of carboxylic acid groups (broad SMARTS) is 3. The van der Waals surface area contributed by atoms with Gasteiger partial charge in [0.1, 0.15) is 0 Å². The number of unbranched alkanes of at least 4 members (excludes halogenated alkanes) is 42. The van der Waals surface area contributed by atoms with Crippen LogP contribution >= 0.6 is 0 Å². The second-order valence-corrected chi connectivity index (χ2v) is 18.2. The van der Waals surface area contributed by atoms with E-state index in [1.165, 1.54) is 250 Å². The zero-order chi connectivity index (χ0) is 44.7. The average molecular weight is 1040 g/mol. The molecule has 0 bridgehead atoms. The predicted octanol–water partition coefficient (Wildman–Crippen LogP) is 15.0. The first-order chi connectivity index (χ1) is 29.3. The van der Waals surface area contributed by atoms with E-state index in [2.05, 4.69) is 20.8 Å². The molecule has 0 unspecified atom stereocenters. The van der Waals surface area contributed by atoms with E-state index in [1.807, 2.05) is 0 Å². The maximum Gasteiger partial charge on any atom is 3.00 e. The third kappa shape index (κ3) is 76.7. The van der Waals surface area contributed by atoms with Gasteiger partial charge in [-0.2, -0.15) is 0 Å². The van der Waals surface area contributed by atoms with Crippen LogP contribution in [0.1, 0.15) is 329 Å². The van der Waals surface area contributed by atoms with E-state index in [4.69, 9.17) is 0 Å². The van der Waals surface area contributed by atoms with Crippen LogP contribution in [-0.2, 0) is 34.8 Å². The zero-order valence-corrected chi connectivity index (χ0v) is 44.0. The second-order valence-electron chi connectivity index (χ2n) is 18.2. The molecule has 0 fully saturated rings. The first-order valence-electron chi connectivity index (χ1n) is 26.9. The summed E-state index contributed by atoms with van der Waals surface area (Å²) in [4.78, 5) is 30.7. The van der Waals surface area contributed by atoms with Crippen LogP contribution in [0.3, 0.4) is 0 Å². The van der Waals surface area contributed by atoms with Gasteiger partial charge in [0, 0.05) is 17.9 Å². The van der Waals surface area contributed by atoms with Crippen molar-refractivity contribution in [2.75, 3.05) is 0 Å². The molecule has 0 atom stereocenters. The standard InChI is InChI=1S/3C18H36O2.Re/c3*1-2-3-4-5-6-7-8-9-10-11-12-13-14-15-16-17-18(19)20;/h3*2-17H2,1H3,(H,19,20);/q;;;+3/p-3. The minimum absolute atomic E-state index is 0. The smallest absolute Gasteiger partial charge is 0.550 e. The number of carboxylic acids is 3. The molecule has 0 heterocycles. The molecule has 7 heteroatoms. The summed E-state index contributed by atoms with van der Waals surface area (Å²) in [6, 6.07) is 0. The van der Waals surface area contributed by atoms with E-state index in [0.29, 0.717) is 0 Å². The van der Waals surface area contributed by atoms with E-state index in [9.17, 15) is 29.7 Å². The van der Waals surface area contributed by atoms with Crippen molar-refractivity contribution in [2.45, 2.75) is 329 Å². The molecule has 364 valence electrons. The van der Waals surface area contributed by atoms with E-state index in [0.717, 1.165) is 38.5 Å². The van der Waals surface area contributed by atoms with Gasteiger partial charge in [-0.1, -0.05) is 290 Å². The Morgan fingerprint density at radius 1 is 0.213 bits per heavy atom. The quantitative estimate of drug-likeness (QED) is 0.0560. The van der Waals surface area contributed by atoms with Crippen molar-refractivity contribution in [1.29, 1.82) is 0 Å². The van der Waals surface area contributed by atoms with Crippen molar-refractivity contribution in [3.8, 4) is 0 Å². The Labute approximate surface area is 395 Å². The van der Waals surface area contributed by atoms with Crippen LogP contribution < -0.4 is 15.3 Å². The molecular weight excluding hydrogens is 931 g/mol. The number of hydrogen-bond acceptors (Lipinski definition) is 6. The summed E-state index contributed by atoms with van der Waals surface area (Å²) >= 11 is 0. The van der Waals surface area contributed by atoms with Crippen LogP contribution in [0.15, 0.2) is 0 Å².